The number of halogens is 1. The maximum atomic E-state index is 14.6. The SMILES string of the molecule is COc1ccc(NC(=O)C(C)Sc2nnc(-c3ccccc3F)n2Cc2ccccc2)cc1OC. The number of ether oxygens (including phenoxy) is 2. The molecule has 0 radical (unpaired) electrons. The predicted octanol–water partition coefficient (Wildman–Crippen LogP) is 5.27. The highest BCUT2D eigenvalue weighted by atomic mass is 32.2. The van der Waals surface area contributed by atoms with Gasteiger partial charge in [-0.05, 0) is 36.8 Å². The lowest BCUT2D eigenvalue weighted by Crippen LogP contribution is -2.23. The van der Waals surface area contributed by atoms with Crippen molar-refractivity contribution in [3.05, 3.63) is 84.2 Å². The molecule has 35 heavy (non-hydrogen) atoms. The third-order valence-electron chi connectivity index (χ3n) is 5.32. The number of benzene rings is 3. The molecule has 0 spiro atoms. The van der Waals surface area contributed by atoms with E-state index in [1.807, 2.05) is 34.9 Å². The number of rotatable bonds is 9. The number of aromatic nitrogens is 3. The molecule has 3 aromatic carbocycles. The lowest BCUT2D eigenvalue weighted by atomic mass is 10.2. The molecule has 0 aliphatic heterocycles. The molecule has 180 valence electrons. The number of amides is 1. The third-order valence-corrected chi connectivity index (χ3v) is 6.40. The Bertz CT molecular complexity index is 1310. The van der Waals surface area contributed by atoms with Crippen LogP contribution in [0.1, 0.15) is 12.5 Å². The molecule has 1 atom stereocenters. The van der Waals surface area contributed by atoms with Crippen LogP contribution in [0.5, 0.6) is 11.5 Å². The summed E-state index contributed by atoms with van der Waals surface area (Å²) in [7, 11) is 3.09. The standard InChI is InChI=1S/C26H25FN4O3S/c1-17(25(32)28-19-13-14-22(33-2)23(15-19)34-3)35-26-30-29-24(20-11-7-8-12-21(20)27)31(26)16-18-9-5-4-6-10-18/h4-15,17H,16H2,1-3H3,(H,28,32). The number of hydrogen-bond donors (Lipinski definition) is 1. The molecule has 1 N–H and O–H groups in total. The van der Waals surface area contributed by atoms with Crippen LogP contribution < -0.4 is 14.8 Å². The Morgan fingerprint density at radius 2 is 1.71 bits per heavy atom. The Kier molecular flexibility index (Phi) is 7.67. The van der Waals surface area contributed by atoms with Crippen molar-refractivity contribution in [3.63, 3.8) is 0 Å². The largest absolute Gasteiger partial charge is 0.493 e. The highest BCUT2D eigenvalue weighted by molar-refractivity contribution is 8.00. The third kappa shape index (κ3) is 5.63. The summed E-state index contributed by atoms with van der Waals surface area (Å²) >= 11 is 1.25. The zero-order valence-corrected chi connectivity index (χ0v) is 20.4. The van der Waals surface area contributed by atoms with Gasteiger partial charge in [0, 0.05) is 11.8 Å². The molecule has 1 aromatic heterocycles. The van der Waals surface area contributed by atoms with Crippen LogP contribution >= 0.6 is 11.8 Å². The molecule has 0 fully saturated rings. The molecule has 4 aromatic rings. The molecule has 9 heteroatoms. The fraction of sp³-hybridized carbons (Fsp3) is 0.192. The molecule has 0 bridgehead atoms. The van der Waals surface area contributed by atoms with Gasteiger partial charge in [-0.3, -0.25) is 9.36 Å². The first-order chi connectivity index (χ1) is 17.0. The van der Waals surface area contributed by atoms with Gasteiger partial charge in [-0.2, -0.15) is 0 Å². The van der Waals surface area contributed by atoms with E-state index in [9.17, 15) is 9.18 Å². The van der Waals surface area contributed by atoms with Gasteiger partial charge in [0.1, 0.15) is 5.82 Å². The number of thioether (sulfide) groups is 1. The number of nitrogens with zero attached hydrogens (tertiary/aromatic N) is 3. The molecule has 7 nitrogen and oxygen atoms in total. The van der Waals surface area contributed by atoms with E-state index in [-0.39, 0.29) is 11.7 Å². The quantitative estimate of drug-likeness (QED) is 0.321. The van der Waals surface area contributed by atoms with Crippen LogP contribution in [0.15, 0.2) is 78.0 Å². The van der Waals surface area contributed by atoms with E-state index in [2.05, 4.69) is 15.5 Å². The average Bonchev–Trinajstić information content (AvgIpc) is 3.26. The minimum atomic E-state index is -0.504. The van der Waals surface area contributed by atoms with E-state index in [0.29, 0.717) is 40.3 Å². The van der Waals surface area contributed by atoms with Crippen LogP contribution in [-0.4, -0.2) is 40.1 Å². The summed E-state index contributed by atoms with van der Waals surface area (Å²) in [5.41, 5.74) is 1.94. The summed E-state index contributed by atoms with van der Waals surface area (Å²) in [4.78, 5) is 12.9. The van der Waals surface area contributed by atoms with Gasteiger partial charge in [0.25, 0.3) is 0 Å². The van der Waals surface area contributed by atoms with Crippen LogP contribution in [0, 0.1) is 5.82 Å². The van der Waals surface area contributed by atoms with Gasteiger partial charge >= 0.3 is 0 Å². The van der Waals surface area contributed by atoms with Gasteiger partial charge < -0.3 is 14.8 Å². The topological polar surface area (TPSA) is 78.3 Å². The first-order valence-electron chi connectivity index (χ1n) is 10.9. The molecular weight excluding hydrogens is 467 g/mol. The van der Waals surface area contributed by atoms with Crippen LogP contribution in [0.2, 0.25) is 0 Å². The van der Waals surface area contributed by atoms with Crippen molar-refractivity contribution >= 4 is 23.4 Å². The lowest BCUT2D eigenvalue weighted by molar-refractivity contribution is -0.115. The van der Waals surface area contributed by atoms with Gasteiger partial charge in [-0.1, -0.05) is 54.2 Å². The van der Waals surface area contributed by atoms with Gasteiger partial charge in [-0.15, -0.1) is 10.2 Å². The molecule has 1 heterocycles. The minimum absolute atomic E-state index is 0.219. The van der Waals surface area contributed by atoms with Crippen molar-refractivity contribution in [1.82, 2.24) is 14.8 Å². The summed E-state index contributed by atoms with van der Waals surface area (Å²) in [6, 6.07) is 21.4. The molecule has 0 saturated heterocycles. The van der Waals surface area contributed by atoms with Gasteiger partial charge in [-0.25, -0.2) is 4.39 Å². The van der Waals surface area contributed by atoms with E-state index >= 15 is 0 Å². The Balaban J connectivity index is 1.58. The number of carbonyl (C=O) groups excluding carboxylic acids is 1. The molecule has 1 unspecified atom stereocenters. The maximum absolute atomic E-state index is 14.6. The monoisotopic (exact) mass is 492 g/mol. The number of anilines is 1. The summed E-state index contributed by atoms with van der Waals surface area (Å²) in [6.45, 7) is 2.22. The summed E-state index contributed by atoms with van der Waals surface area (Å²) < 4.78 is 27.0. The van der Waals surface area contributed by atoms with Gasteiger partial charge in [0.15, 0.2) is 22.5 Å². The number of hydrogen-bond acceptors (Lipinski definition) is 6. The molecule has 1 amide bonds. The molecule has 0 saturated carbocycles. The van der Waals surface area contributed by atoms with Crippen molar-refractivity contribution < 1.29 is 18.7 Å². The van der Waals surface area contributed by atoms with Crippen molar-refractivity contribution in [2.75, 3.05) is 19.5 Å². The molecule has 0 aliphatic carbocycles. The second-order valence-electron chi connectivity index (χ2n) is 7.68. The van der Waals surface area contributed by atoms with Crippen molar-refractivity contribution in [2.24, 2.45) is 0 Å². The Morgan fingerprint density at radius 3 is 2.43 bits per heavy atom. The Hall–Kier alpha value is -3.85. The van der Waals surface area contributed by atoms with E-state index in [1.165, 1.54) is 24.9 Å². The fourth-order valence-electron chi connectivity index (χ4n) is 3.50. The molecule has 0 aliphatic rings. The van der Waals surface area contributed by atoms with Crippen molar-refractivity contribution in [3.8, 4) is 22.9 Å². The fourth-order valence-corrected chi connectivity index (χ4v) is 4.34. The van der Waals surface area contributed by atoms with Gasteiger partial charge in [0.05, 0.1) is 31.6 Å². The maximum Gasteiger partial charge on any atom is 0.237 e. The number of methoxy groups -OCH3 is 2. The van der Waals surface area contributed by atoms with E-state index < -0.39 is 5.25 Å². The van der Waals surface area contributed by atoms with Crippen LogP contribution in [0.25, 0.3) is 11.4 Å². The van der Waals surface area contributed by atoms with E-state index in [0.717, 1.165) is 5.56 Å². The van der Waals surface area contributed by atoms with E-state index in [1.54, 1.807) is 50.4 Å². The highest BCUT2D eigenvalue weighted by Crippen LogP contribution is 2.32. The number of carbonyl (C=O) groups is 1. The molecule has 4 rings (SSSR count). The summed E-state index contributed by atoms with van der Waals surface area (Å²) in [5.74, 6) is 0.890. The Morgan fingerprint density at radius 1 is 1.00 bits per heavy atom. The van der Waals surface area contributed by atoms with Crippen molar-refractivity contribution in [1.29, 1.82) is 0 Å². The highest BCUT2D eigenvalue weighted by Gasteiger charge is 2.22. The minimum Gasteiger partial charge on any atom is -0.493 e. The normalized spacial score (nSPS) is 11.7. The molecular formula is C26H25FN4O3S. The second kappa shape index (κ2) is 11.1. The van der Waals surface area contributed by atoms with Gasteiger partial charge in [0.2, 0.25) is 5.91 Å². The summed E-state index contributed by atoms with van der Waals surface area (Å²) in [6.07, 6.45) is 0. The Labute approximate surface area is 207 Å². The second-order valence-corrected chi connectivity index (χ2v) is 8.98. The first-order valence-corrected chi connectivity index (χ1v) is 11.8. The average molecular weight is 493 g/mol. The summed E-state index contributed by atoms with van der Waals surface area (Å²) in [5, 5.41) is 11.5. The smallest absolute Gasteiger partial charge is 0.237 e. The van der Waals surface area contributed by atoms with Crippen molar-refractivity contribution in [2.45, 2.75) is 23.9 Å². The zero-order chi connectivity index (χ0) is 24.8. The van der Waals surface area contributed by atoms with Crippen LogP contribution in [-0.2, 0) is 11.3 Å². The van der Waals surface area contributed by atoms with Crippen LogP contribution in [0.4, 0.5) is 10.1 Å². The predicted molar refractivity (Wildman–Crippen MR) is 134 cm³/mol. The number of nitrogens with one attached hydrogen (secondary N) is 1. The zero-order valence-electron chi connectivity index (χ0n) is 19.6. The lowest BCUT2D eigenvalue weighted by Gasteiger charge is -2.15. The first kappa shape index (κ1) is 24.3. The van der Waals surface area contributed by atoms with Crippen LogP contribution in [0.3, 0.4) is 0 Å². The van der Waals surface area contributed by atoms with E-state index in [4.69, 9.17) is 9.47 Å².